The first-order valence-corrected chi connectivity index (χ1v) is 16.2. The molecule has 3 aromatic carbocycles. The van der Waals surface area contributed by atoms with Crippen LogP contribution in [-0.2, 0) is 11.3 Å². The van der Waals surface area contributed by atoms with E-state index in [2.05, 4.69) is 52.0 Å². The monoisotopic (exact) mass is 622 g/mol. The fourth-order valence-corrected chi connectivity index (χ4v) is 6.79. The van der Waals surface area contributed by atoms with Crippen molar-refractivity contribution in [3.63, 3.8) is 0 Å². The van der Waals surface area contributed by atoms with Gasteiger partial charge in [0.25, 0.3) is 5.91 Å². The summed E-state index contributed by atoms with van der Waals surface area (Å²) in [7, 11) is 0. The highest BCUT2D eigenvalue weighted by atomic mass is 32.2. The summed E-state index contributed by atoms with van der Waals surface area (Å²) < 4.78 is 13.0. The van der Waals surface area contributed by atoms with Crippen LogP contribution in [0.5, 0.6) is 11.5 Å². The summed E-state index contributed by atoms with van der Waals surface area (Å²) in [4.78, 5) is 34.9. The predicted octanol–water partition coefficient (Wildman–Crippen LogP) is 5.31. The third-order valence-electron chi connectivity index (χ3n) is 8.41. The molecule has 45 heavy (non-hydrogen) atoms. The molecule has 0 aliphatic carbocycles. The van der Waals surface area contributed by atoms with Gasteiger partial charge in [-0.05, 0) is 56.2 Å². The number of hydrogen-bond donors (Lipinski definition) is 0. The Morgan fingerprint density at radius 1 is 0.978 bits per heavy atom. The summed E-state index contributed by atoms with van der Waals surface area (Å²) in [5, 5.41) is 10.7. The van der Waals surface area contributed by atoms with Crippen LogP contribution in [0.3, 0.4) is 0 Å². The molecule has 0 spiro atoms. The first-order chi connectivity index (χ1) is 21.9. The van der Waals surface area contributed by atoms with Crippen molar-refractivity contribution in [3.05, 3.63) is 83.4 Å². The van der Waals surface area contributed by atoms with Gasteiger partial charge in [-0.15, -0.1) is 10.2 Å². The van der Waals surface area contributed by atoms with Crippen LogP contribution in [0.4, 0.5) is 0 Å². The molecule has 0 N–H and O–H groups in total. The molecule has 2 aliphatic rings. The van der Waals surface area contributed by atoms with Gasteiger partial charge in [-0.3, -0.25) is 9.59 Å². The SMILES string of the molecule is Cc1ccc2c(c1)c1nnc(SCCCC(=O)N3CCN(C(=O)c4ccc5c(c4)OCO5)C(C)C3)nc1n2Cc1ccccc1. The van der Waals surface area contributed by atoms with Crippen LogP contribution < -0.4 is 9.47 Å². The Hall–Kier alpha value is -4.64. The number of nitrogens with zero attached hydrogens (tertiary/aromatic N) is 6. The summed E-state index contributed by atoms with van der Waals surface area (Å²) in [6, 6.07) is 21.9. The number of amides is 2. The van der Waals surface area contributed by atoms with Crippen molar-refractivity contribution in [2.75, 3.05) is 32.2 Å². The Morgan fingerprint density at radius 3 is 2.67 bits per heavy atom. The Balaban J connectivity index is 0.957. The smallest absolute Gasteiger partial charge is 0.254 e. The molecule has 1 unspecified atom stereocenters. The first kappa shape index (κ1) is 29.1. The molecule has 1 saturated heterocycles. The van der Waals surface area contributed by atoms with E-state index in [1.807, 2.05) is 34.9 Å². The molecular weight excluding hydrogens is 588 g/mol. The van der Waals surface area contributed by atoms with Crippen molar-refractivity contribution in [3.8, 4) is 11.5 Å². The van der Waals surface area contributed by atoms with Gasteiger partial charge in [0, 0.05) is 55.3 Å². The highest BCUT2D eigenvalue weighted by Crippen LogP contribution is 2.33. The second kappa shape index (κ2) is 12.4. The van der Waals surface area contributed by atoms with E-state index < -0.39 is 0 Å². The average Bonchev–Trinajstić information content (AvgIpc) is 3.65. The predicted molar refractivity (Wildman–Crippen MR) is 173 cm³/mol. The second-order valence-electron chi connectivity index (χ2n) is 11.6. The van der Waals surface area contributed by atoms with Crippen LogP contribution >= 0.6 is 11.8 Å². The number of aromatic nitrogens is 4. The number of thioether (sulfide) groups is 1. The Bertz CT molecular complexity index is 1890. The maximum Gasteiger partial charge on any atom is 0.254 e. The number of rotatable bonds is 8. The molecule has 2 aromatic heterocycles. The summed E-state index contributed by atoms with van der Waals surface area (Å²) in [6.45, 7) is 6.44. The molecule has 0 radical (unpaired) electrons. The number of fused-ring (bicyclic) bond motifs is 4. The first-order valence-electron chi connectivity index (χ1n) is 15.2. The Labute approximate surface area is 265 Å². The van der Waals surface area contributed by atoms with E-state index in [1.165, 1.54) is 22.9 Å². The van der Waals surface area contributed by atoms with Crippen molar-refractivity contribution in [2.45, 2.75) is 44.4 Å². The van der Waals surface area contributed by atoms with Gasteiger partial charge in [-0.1, -0.05) is 53.7 Å². The maximum atomic E-state index is 13.2. The standard InChI is InChI=1S/C34H34N6O4S/c1-22-10-12-27-26(17-22)31-32(40(27)20-24-7-4-3-5-8-24)35-34(37-36-31)45-16-6-9-30(41)38-14-15-39(23(2)19-38)33(42)25-11-13-28-29(18-25)44-21-43-28/h3-5,7-8,10-13,17-18,23H,6,9,14-16,19-21H2,1-2H3. The van der Waals surface area contributed by atoms with Crippen LogP contribution in [0.25, 0.3) is 22.1 Å². The van der Waals surface area contributed by atoms with Gasteiger partial charge in [0.15, 0.2) is 17.1 Å². The summed E-state index contributed by atoms with van der Waals surface area (Å²) >= 11 is 1.52. The number of ether oxygens (including phenoxy) is 2. The zero-order valence-corrected chi connectivity index (χ0v) is 26.1. The van der Waals surface area contributed by atoms with Crippen LogP contribution in [0.15, 0.2) is 71.9 Å². The molecule has 0 bridgehead atoms. The maximum absolute atomic E-state index is 13.2. The van der Waals surface area contributed by atoms with Crippen LogP contribution in [-0.4, -0.2) is 79.6 Å². The lowest BCUT2D eigenvalue weighted by Gasteiger charge is -2.40. The van der Waals surface area contributed by atoms with Crippen molar-refractivity contribution in [2.24, 2.45) is 0 Å². The van der Waals surface area contributed by atoms with Gasteiger partial charge in [0.05, 0.1) is 5.52 Å². The molecule has 5 aromatic rings. The number of piperazine rings is 1. The minimum absolute atomic E-state index is 0.0622. The highest BCUT2D eigenvalue weighted by molar-refractivity contribution is 7.99. The van der Waals surface area contributed by atoms with E-state index in [-0.39, 0.29) is 24.6 Å². The topological polar surface area (TPSA) is 103 Å². The molecule has 230 valence electrons. The van der Waals surface area contributed by atoms with E-state index in [4.69, 9.17) is 14.5 Å². The van der Waals surface area contributed by atoms with Gasteiger partial charge in [0.1, 0.15) is 5.52 Å². The fourth-order valence-electron chi connectivity index (χ4n) is 6.07. The van der Waals surface area contributed by atoms with Crippen molar-refractivity contribution < 1.29 is 19.1 Å². The van der Waals surface area contributed by atoms with E-state index in [0.29, 0.717) is 67.0 Å². The van der Waals surface area contributed by atoms with Gasteiger partial charge in [-0.2, -0.15) is 0 Å². The molecular formula is C34H34N6O4S. The molecule has 2 amide bonds. The normalized spacial score (nSPS) is 16.1. The van der Waals surface area contributed by atoms with E-state index in [0.717, 1.165) is 22.1 Å². The van der Waals surface area contributed by atoms with E-state index >= 15 is 0 Å². The largest absolute Gasteiger partial charge is 0.454 e. The summed E-state index contributed by atoms with van der Waals surface area (Å²) in [5.41, 5.74) is 5.62. The summed E-state index contributed by atoms with van der Waals surface area (Å²) in [5.74, 6) is 1.98. The van der Waals surface area contributed by atoms with Crippen LogP contribution in [0.1, 0.15) is 41.3 Å². The van der Waals surface area contributed by atoms with E-state index in [9.17, 15) is 9.59 Å². The zero-order valence-electron chi connectivity index (χ0n) is 25.3. The average molecular weight is 623 g/mol. The van der Waals surface area contributed by atoms with Gasteiger partial charge in [0.2, 0.25) is 17.9 Å². The van der Waals surface area contributed by atoms with E-state index in [1.54, 1.807) is 18.2 Å². The lowest BCUT2D eigenvalue weighted by atomic mass is 10.1. The molecule has 1 fully saturated rings. The molecule has 4 heterocycles. The molecule has 7 rings (SSSR count). The third kappa shape index (κ3) is 5.92. The second-order valence-corrected chi connectivity index (χ2v) is 12.6. The lowest BCUT2D eigenvalue weighted by molar-refractivity contribution is -0.133. The van der Waals surface area contributed by atoms with Crippen LogP contribution in [0, 0.1) is 6.92 Å². The quantitative estimate of drug-likeness (QED) is 0.170. The minimum atomic E-state index is -0.0902. The molecule has 2 aliphatic heterocycles. The number of aryl methyl sites for hydroxylation is 1. The Morgan fingerprint density at radius 2 is 1.82 bits per heavy atom. The Kier molecular flexibility index (Phi) is 8.01. The molecule has 1 atom stereocenters. The summed E-state index contributed by atoms with van der Waals surface area (Å²) in [6.07, 6.45) is 1.13. The number of benzene rings is 3. The van der Waals surface area contributed by atoms with Crippen molar-refractivity contribution in [1.82, 2.24) is 29.5 Å². The number of hydrogen-bond acceptors (Lipinski definition) is 8. The molecule has 10 nitrogen and oxygen atoms in total. The van der Waals surface area contributed by atoms with Gasteiger partial charge in [-0.25, -0.2) is 4.98 Å². The lowest BCUT2D eigenvalue weighted by Crippen LogP contribution is -2.55. The zero-order chi connectivity index (χ0) is 30.9. The molecule has 11 heteroatoms. The molecule has 0 saturated carbocycles. The fraction of sp³-hybridized carbons (Fsp3) is 0.324. The van der Waals surface area contributed by atoms with Gasteiger partial charge < -0.3 is 23.8 Å². The number of carbonyl (C=O) groups excluding carboxylic acids is 2. The van der Waals surface area contributed by atoms with Gasteiger partial charge >= 0.3 is 0 Å². The highest BCUT2D eigenvalue weighted by Gasteiger charge is 2.31. The van der Waals surface area contributed by atoms with Crippen molar-refractivity contribution >= 4 is 45.6 Å². The van der Waals surface area contributed by atoms with Crippen molar-refractivity contribution in [1.29, 1.82) is 0 Å². The third-order valence-corrected chi connectivity index (χ3v) is 9.34. The number of carbonyl (C=O) groups is 2. The van der Waals surface area contributed by atoms with Crippen LogP contribution in [0.2, 0.25) is 0 Å². The minimum Gasteiger partial charge on any atom is -0.454 e.